The molecule has 2 nitrogen and oxygen atoms in total. The van der Waals surface area contributed by atoms with Crippen LogP contribution in [0.15, 0.2) is 18.2 Å². The molecule has 3 heteroatoms. The molecule has 0 saturated heterocycles. The Morgan fingerprint density at radius 1 is 1.47 bits per heavy atom. The number of aryl methyl sites for hydroxylation is 1. The van der Waals surface area contributed by atoms with Crippen molar-refractivity contribution in [2.45, 2.75) is 13.3 Å². The molecule has 0 spiro atoms. The second-order valence-electron chi connectivity index (χ2n) is 3.55. The number of rotatable bonds is 2. The van der Waals surface area contributed by atoms with Crippen molar-refractivity contribution in [3.8, 4) is 0 Å². The molecule has 1 heterocycles. The van der Waals surface area contributed by atoms with Crippen LogP contribution in [0.1, 0.15) is 23.0 Å². The summed E-state index contributed by atoms with van der Waals surface area (Å²) in [4.78, 5) is 11.0. The number of aldehydes is 1. The average molecular weight is 205 g/mol. The summed E-state index contributed by atoms with van der Waals surface area (Å²) in [6.07, 6.45) is 1.57. The van der Waals surface area contributed by atoms with Gasteiger partial charge in [0.1, 0.15) is 5.82 Å². The highest BCUT2D eigenvalue weighted by Crippen LogP contribution is 2.25. The predicted molar refractivity (Wildman–Crippen MR) is 57.6 cm³/mol. The number of halogens is 1. The van der Waals surface area contributed by atoms with Gasteiger partial charge in [0.15, 0.2) is 6.29 Å². The Kier molecular flexibility index (Phi) is 2.31. The first kappa shape index (κ1) is 9.90. The summed E-state index contributed by atoms with van der Waals surface area (Å²) < 4.78 is 15.0. The van der Waals surface area contributed by atoms with E-state index in [2.05, 4.69) is 0 Å². The fraction of sp³-hybridized carbons (Fsp3) is 0.250. The van der Waals surface area contributed by atoms with E-state index < -0.39 is 0 Å². The Morgan fingerprint density at radius 3 is 2.80 bits per heavy atom. The van der Waals surface area contributed by atoms with Gasteiger partial charge in [-0.15, -0.1) is 0 Å². The normalized spacial score (nSPS) is 10.9. The number of carbonyl (C=O) groups excluding carboxylic acids is 1. The lowest BCUT2D eigenvalue weighted by atomic mass is 10.1. The quantitative estimate of drug-likeness (QED) is 0.691. The van der Waals surface area contributed by atoms with Crippen LogP contribution in [0, 0.1) is 5.82 Å². The lowest BCUT2D eigenvalue weighted by Crippen LogP contribution is -1.96. The average Bonchev–Trinajstić information content (AvgIpc) is 2.50. The fourth-order valence-corrected chi connectivity index (χ4v) is 2.06. The van der Waals surface area contributed by atoms with Crippen molar-refractivity contribution in [1.82, 2.24) is 4.57 Å². The first-order chi connectivity index (χ1) is 7.19. The zero-order chi connectivity index (χ0) is 11.0. The Labute approximate surface area is 87.3 Å². The second-order valence-corrected chi connectivity index (χ2v) is 3.55. The van der Waals surface area contributed by atoms with Gasteiger partial charge >= 0.3 is 0 Å². The first-order valence-electron chi connectivity index (χ1n) is 4.91. The summed E-state index contributed by atoms with van der Waals surface area (Å²) in [5, 5.41) is 0.698. The van der Waals surface area contributed by atoms with E-state index in [4.69, 9.17) is 0 Å². The molecule has 0 saturated carbocycles. The summed E-state index contributed by atoms with van der Waals surface area (Å²) >= 11 is 0. The topological polar surface area (TPSA) is 22.0 Å². The van der Waals surface area contributed by atoms with Crippen LogP contribution in [0.2, 0.25) is 0 Å². The predicted octanol–water partition coefficient (Wildman–Crippen LogP) is 2.69. The summed E-state index contributed by atoms with van der Waals surface area (Å²) in [5.41, 5.74) is 2.45. The molecule has 0 amide bonds. The molecule has 0 N–H and O–H groups in total. The van der Waals surface area contributed by atoms with Gasteiger partial charge < -0.3 is 4.57 Å². The molecular weight excluding hydrogens is 193 g/mol. The van der Waals surface area contributed by atoms with Crippen molar-refractivity contribution in [2.24, 2.45) is 7.05 Å². The second kappa shape index (κ2) is 3.50. The number of hydrogen-bond acceptors (Lipinski definition) is 1. The lowest BCUT2D eigenvalue weighted by molar-refractivity contribution is 0.112. The van der Waals surface area contributed by atoms with Crippen LogP contribution in [0.4, 0.5) is 4.39 Å². The van der Waals surface area contributed by atoms with Crippen molar-refractivity contribution in [3.63, 3.8) is 0 Å². The molecule has 2 rings (SSSR count). The zero-order valence-electron chi connectivity index (χ0n) is 8.75. The standard InChI is InChI=1S/C12H12FNO/c1-3-11-10(7-15)9-6-8(13)4-5-12(9)14(11)2/h4-7H,3H2,1-2H3. The van der Waals surface area contributed by atoms with Crippen LogP contribution in [0.25, 0.3) is 10.9 Å². The van der Waals surface area contributed by atoms with E-state index >= 15 is 0 Å². The third-order valence-electron chi connectivity index (χ3n) is 2.78. The molecule has 0 fully saturated rings. The number of hydrogen-bond donors (Lipinski definition) is 0. The molecule has 1 aromatic carbocycles. The van der Waals surface area contributed by atoms with E-state index in [0.29, 0.717) is 10.9 Å². The third-order valence-corrected chi connectivity index (χ3v) is 2.78. The SMILES string of the molecule is CCc1c(C=O)c2cc(F)ccc2n1C. The number of aromatic nitrogens is 1. The molecule has 78 valence electrons. The van der Waals surface area contributed by atoms with Crippen molar-refractivity contribution in [2.75, 3.05) is 0 Å². The molecule has 2 aromatic rings. The highest BCUT2D eigenvalue weighted by Gasteiger charge is 2.13. The number of benzene rings is 1. The summed E-state index contributed by atoms with van der Waals surface area (Å²) in [7, 11) is 1.89. The van der Waals surface area contributed by atoms with Crippen LogP contribution < -0.4 is 0 Å². The minimum Gasteiger partial charge on any atom is -0.347 e. The fourth-order valence-electron chi connectivity index (χ4n) is 2.06. The van der Waals surface area contributed by atoms with Gasteiger partial charge in [-0.05, 0) is 24.6 Å². The van der Waals surface area contributed by atoms with E-state index in [1.807, 2.05) is 18.5 Å². The number of fused-ring (bicyclic) bond motifs is 1. The highest BCUT2D eigenvalue weighted by molar-refractivity contribution is 5.99. The molecular formula is C12H12FNO. The Bertz CT molecular complexity index is 528. The van der Waals surface area contributed by atoms with Crippen molar-refractivity contribution in [1.29, 1.82) is 0 Å². The Morgan fingerprint density at radius 2 is 2.20 bits per heavy atom. The Balaban J connectivity index is 2.91. The van der Waals surface area contributed by atoms with Gasteiger partial charge in [-0.25, -0.2) is 4.39 Å². The van der Waals surface area contributed by atoms with Gasteiger partial charge in [0.05, 0.1) is 0 Å². The van der Waals surface area contributed by atoms with E-state index in [1.165, 1.54) is 12.1 Å². The van der Waals surface area contributed by atoms with Gasteiger partial charge in [0.25, 0.3) is 0 Å². The van der Waals surface area contributed by atoms with Crippen LogP contribution in [-0.4, -0.2) is 10.9 Å². The molecule has 1 aromatic heterocycles. The first-order valence-corrected chi connectivity index (χ1v) is 4.91. The molecule has 15 heavy (non-hydrogen) atoms. The molecule has 0 aliphatic rings. The molecule has 0 unspecified atom stereocenters. The summed E-state index contributed by atoms with van der Waals surface area (Å²) in [5.74, 6) is -0.307. The van der Waals surface area contributed by atoms with E-state index in [0.717, 1.165) is 23.9 Å². The van der Waals surface area contributed by atoms with Gasteiger partial charge in [-0.1, -0.05) is 6.92 Å². The molecule has 0 atom stereocenters. The Hall–Kier alpha value is -1.64. The van der Waals surface area contributed by atoms with Crippen LogP contribution >= 0.6 is 0 Å². The van der Waals surface area contributed by atoms with Gasteiger partial charge in [0.2, 0.25) is 0 Å². The van der Waals surface area contributed by atoms with Crippen LogP contribution in [0.5, 0.6) is 0 Å². The maximum absolute atomic E-state index is 13.1. The largest absolute Gasteiger partial charge is 0.347 e. The van der Waals surface area contributed by atoms with Crippen LogP contribution in [-0.2, 0) is 13.5 Å². The molecule has 0 aliphatic heterocycles. The monoisotopic (exact) mass is 205 g/mol. The van der Waals surface area contributed by atoms with Gasteiger partial charge in [0, 0.05) is 29.2 Å². The van der Waals surface area contributed by atoms with Crippen molar-refractivity contribution < 1.29 is 9.18 Å². The van der Waals surface area contributed by atoms with Gasteiger partial charge in [-0.2, -0.15) is 0 Å². The summed E-state index contributed by atoms with van der Waals surface area (Å²) in [6, 6.07) is 4.53. The minimum atomic E-state index is -0.307. The van der Waals surface area contributed by atoms with Gasteiger partial charge in [-0.3, -0.25) is 4.79 Å². The highest BCUT2D eigenvalue weighted by atomic mass is 19.1. The maximum Gasteiger partial charge on any atom is 0.152 e. The third kappa shape index (κ3) is 1.35. The molecule has 0 bridgehead atoms. The van der Waals surface area contributed by atoms with E-state index in [-0.39, 0.29) is 5.82 Å². The lowest BCUT2D eigenvalue weighted by Gasteiger charge is -2.00. The smallest absolute Gasteiger partial charge is 0.152 e. The number of carbonyl (C=O) groups is 1. The van der Waals surface area contributed by atoms with E-state index in [9.17, 15) is 9.18 Å². The molecule has 0 radical (unpaired) electrons. The summed E-state index contributed by atoms with van der Waals surface area (Å²) in [6.45, 7) is 1.98. The maximum atomic E-state index is 13.1. The zero-order valence-corrected chi connectivity index (χ0v) is 8.75. The minimum absolute atomic E-state index is 0.307. The van der Waals surface area contributed by atoms with E-state index in [1.54, 1.807) is 6.07 Å². The number of nitrogens with zero attached hydrogens (tertiary/aromatic N) is 1. The van der Waals surface area contributed by atoms with Crippen LogP contribution in [0.3, 0.4) is 0 Å². The van der Waals surface area contributed by atoms with Crippen molar-refractivity contribution >= 4 is 17.2 Å². The van der Waals surface area contributed by atoms with Crippen molar-refractivity contribution in [3.05, 3.63) is 35.3 Å². The molecule has 0 aliphatic carbocycles.